The van der Waals surface area contributed by atoms with Crippen molar-refractivity contribution >= 4 is 29.1 Å². The number of anilines is 2. The Bertz CT molecular complexity index is 834. The van der Waals surface area contributed by atoms with Crippen molar-refractivity contribution in [2.75, 3.05) is 37.8 Å². The van der Waals surface area contributed by atoms with Gasteiger partial charge in [0.05, 0.1) is 0 Å². The summed E-state index contributed by atoms with van der Waals surface area (Å²) in [6.45, 7) is 2.84. The SMILES string of the molecule is CC(=O)Nc1ccc(NC(=O)c2ccnc(C(=O)NCCCN(C)C)c2)cc1. The molecule has 3 amide bonds. The molecule has 28 heavy (non-hydrogen) atoms. The highest BCUT2D eigenvalue weighted by Crippen LogP contribution is 2.15. The van der Waals surface area contributed by atoms with E-state index in [1.54, 1.807) is 30.3 Å². The van der Waals surface area contributed by atoms with Crippen LogP contribution in [0.1, 0.15) is 34.2 Å². The van der Waals surface area contributed by atoms with E-state index in [0.29, 0.717) is 23.5 Å². The van der Waals surface area contributed by atoms with Gasteiger partial charge in [0, 0.05) is 36.6 Å². The summed E-state index contributed by atoms with van der Waals surface area (Å²) in [5.74, 6) is -0.828. The highest BCUT2D eigenvalue weighted by molar-refractivity contribution is 6.05. The van der Waals surface area contributed by atoms with Crippen molar-refractivity contribution in [2.24, 2.45) is 0 Å². The molecule has 8 heteroatoms. The van der Waals surface area contributed by atoms with Crippen LogP contribution in [0, 0.1) is 0 Å². The first kappa shape index (κ1) is 21.0. The van der Waals surface area contributed by atoms with Crippen LogP contribution in [-0.4, -0.2) is 54.8 Å². The molecule has 0 unspecified atom stereocenters. The maximum atomic E-state index is 12.4. The molecule has 0 saturated carbocycles. The number of benzene rings is 1. The molecule has 0 atom stereocenters. The van der Waals surface area contributed by atoms with Gasteiger partial charge in [-0.25, -0.2) is 0 Å². The zero-order valence-corrected chi connectivity index (χ0v) is 16.3. The van der Waals surface area contributed by atoms with Crippen LogP contribution in [-0.2, 0) is 4.79 Å². The minimum atomic E-state index is -0.351. The summed E-state index contributed by atoms with van der Waals surface area (Å²) in [7, 11) is 3.94. The van der Waals surface area contributed by atoms with Gasteiger partial charge in [-0.3, -0.25) is 19.4 Å². The zero-order chi connectivity index (χ0) is 20.5. The van der Waals surface area contributed by atoms with E-state index in [9.17, 15) is 14.4 Å². The Morgan fingerprint density at radius 3 is 2.21 bits per heavy atom. The molecule has 2 aromatic rings. The van der Waals surface area contributed by atoms with Crippen molar-refractivity contribution in [3.05, 3.63) is 53.9 Å². The second-order valence-corrected chi connectivity index (χ2v) is 6.56. The van der Waals surface area contributed by atoms with Gasteiger partial charge in [0.2, 0.25) is 5.91 Å². The van der Waals surface area contributed by atoms with Crippen LogP contribution in [0.5, 0.6) is 0 Å². The van der Waals surface area contributed by atoms with Crippen molar-refractivity contribution in [3.8, 4) is 0 Å². The van der Waals surface area contributed by atoms with Gasteiger partial charge < -0.3 is 20.9 Å². The Labute approximate surface area is 164 Å². The molecule has 0 fully saturated rings. The maximum absolute atomic E-state index is 12.4. The molecule has 1 aromatic carbocycles. The molecule has 0 aliphatic rings. The normalized spacial score (nSPS) is 10.4. The van der Waals surface area contributed by atoms with E-state index < -0.39 is 0 Å². The summed E-state index contributed by atoms with van der Waals surface area (Å²) in [4.78, 5) is 41.8. The molecular weight excluding hydrogens is 358 g/mol. The minimum absolute atomic E-state index is 0.166. The van der Waals surface area contributed by atoms with Crippen LogP contribution in [0.25, 0.3) is 0 Å². The molecule has 0 bridgehead atoms. The average molecular weight is 383 g/mol. The first-order valence-electron chi connectivity index (χ1n) is 8.93. The molecule has 0 radical (unpaired) electrons. The maximum Gasteiger partial charge on any atom is 0.269 e. The third-order valence-corrected chi connectivity index (χ3v) is 3.79. The second-order valence-electron chi connectivity index (χ2n) is 6.56. The quantitative estimate of drug-likeness (QED) is 0.605. The number of hydrogen-bond donors (Lipinski definition) is 3. The summed E-state index contributed by atoms with van der Waals surface area (Å²) >= 11 is 0. The summed E-state index contributed by atoms with van der Waals surface area (Å²) < 4.78 is 0. The van der Waals surface area contributed by atoms with Crippen molar-refractivity contribution in [1.82, 2.24) is 15.2 Å². The van der Waals surface area contributed by atoms with Crippen molar-refractivity contribution in [2.45, 2.75) is 13.3 Å². The molecule has 3 N–H and O–H groups in total. The molecule has 1 heterocycles. The van der Waals surface area contributed by atoms with Gasteiger partial charge >= 0.3 is 0 Å². The van der Waals surface area contributed by atoms with Crippen molar-refractivity contribution in [3.63, 3.8) is 0 Å². The number of hydrogen-bond acceptors (Lipinski definition) is 5. The van der Waals surface area contributed by atoms with Gasteiger partial charge in [0.25, 0.3) is 11.8 Å². The lowest BCUT2D eigenvalue weighted by atomic mass is 10.2. The molecule has 8 nitrogen and oxygen atoms in total. The van der Waals surface area contributed by atoms with Gasteiger partial charge in [-0.05, 0) is 63.5 Å². The monoisotopic (exact) mass is 383 g/mol. The van der Waals surface area contributed by atoms with Gasteiger partial charge in [-0.15, -0.1) is 0 Å². The van der Waals surface area contributed by atoms with E-state index in [1.165, 1.54) is 19.2 Å². The number of nitrogens with zero attached hydrogens (tertiary/aromatic N) is 2. The number of nitrogens with one attached hydrogen (secondary N) is 3. The van der Waals surface area contributed by atoms with Gasteiger partial charge in [-0.2, -0.15) is 0 Å². The van der Waals surface area contributed by atoms with Crippen LogP contribution in [0.3, 0.4) is 0 Å². The summed E-state index contributed by atoms with van der Waals surface area (Å²) in [5, 5.41) is 8.21. The predicted molar refractivity (Wildman–Crippen MR) is 108 cm³/mol. The topological polar surface area (TPSA) is 103 Å². The fraction of sp³-hybridized carbons (Fsp3) is 0.300. The van der Waals surface area contributed by atoms with Crippen LogP contribution in [0.15, 0.2) is 42.6 Å². The zero-order valence-electron chi connectivity index (χ0n) is 16.3. The number of aromatic nitrogens is 1. The van der Waals surface area contributed by atoms with Crippen LogP contribution in [0.4, 0.5) is 11.4 Å². The summed E-state index contributed by atoms with van der Waals surface area (Å²) in [6.07, 6.45) is 2.26. The van der Waals surface area contributed by atoms with Crippen LogP contribution >= 0.6 is 0 Å². The van der Waals surface area contributed by atoms with Gasteiger partial charge in [-0.1, -0.05) is 0 Å². The Morgan fingerprint density at radius 1 is 0.964 bits per heavy atom. The van der Waals surface area contributed by atoms with Gasteiger partial charge in [0.1, 0.15) is 5.69 Å². The molecule has 0 spiro atoms. The standard InChI is InChI=1S/C20H25N5O3/c1-14(26)23-16-5-7-17(8-6-16)24-19(27)15-9-11-21-18(13-15)20(28)22-10-4-12-25(2)3/h5-9,11,13H,4,10,12H2,1-3H3,(H,22,28)(H,23,26)(H,24,27). The summed E-state index contributed by atoms with van der Waals surface area (Å²) in [6, 6.07) is 9.75. The average Bonchev–Trinajstić information content (AvgIpc) is 2.66. The van der Waals surface area contributed by atoms with Crippen LogP contribution < -0.4 is 16.0 Å². The molecular formula is C20H25N5O3. The molecule has 148 valence electrons. The second kappa shape index (κ2) is 10.2. The number of amides is 3. The molecule has 1 aromatic heterocycles. The molecule has 2 rings (SSSR count). The Morgan fingerprint density at radius 2 is 1.61 bits per heavy atom. The Kier molecular flexibility index (Phi) is 7.65. The number of rotatable bonds is 8. The van der Waals surface area contributed by atoms with Crippen molar-refractivity contribution in [1.29, 1.82) is 0 Å². The minimum Gasteiger partial charge on any atom is -0.351 e. The third-order valence-electron chi connectivity index (χ3n) is 3.79. The fourth-order valence-corrected chi connectivity index (χ4v) is 2.43. The number of pyridine rings is 1. The largest absolute Gasteiger partial charge is 0.351 e. The van der Waals surface area contributed by atoms with E-state index in [0.717, 1.165) is 13.0 Å². The summed E-state index contributed by atoms with van der Waals surface area (Å²) in [5.41, 5.74) is 1.74. The highest BCUT2D eigenvalue weighted by Gasteiger charge is 2.12. The third kappa shape index (κ3) is 6.81. The van der Waals surface area contributed by atoms with E-state index in [4.69, 9.17) is 0 Å². The first-order chi connectivity index (χ1) is 13.3. The lowest BCUT2D eigenvalue weighted by Gasteiger charge is -2.10. The Hall–Kier alpha value is -3.26. The van der Waals surface area contributed by atoms with Crippen LogP contribution in [0.2, 0.25) is 0 Å². The first-order valence-corrected chi connectivity index (χ1v) is 8.93. The number of carbonyl (C=O) groups is 3. The van der Waals surface area contributed by atoms with E-state index in [-0.39, 0.29) is 23.4 Å². The van der Waals surface area contributed by atoms with E-state index in [1.807, 2.05) is 19.0 Å². The Balaban J connectivity index is 1.95. The smallest absolute Gasteiger partial charge is 0.269 e. The molecule has 0 aliphatic heterocycles. The lowest BCUT2D eigenvalue weighted by molar-refractivity contribution is -0.114. The fourth-order valence-electron chi connectivity index (χ4n) is 2.43. The van der Waals surface area contributed by atoms with E-state index in [2.05, 4.69) is 20.9 Å². The number of carbonyl (C=O) groups excluding carboxylic acids is 3. The lowest BCUT2D eigenvalue weighted by Crippen LogP contribution is -2.28. The molecule has 0 saturated heterocycles. The highest BCUT2D eigenvalue weighted by atomic mass is 16.2. The predicted octanol–water partition coefficient (Wildman–Crippen LogP) is 1.97. The molecule has 0 aliphatic carbocycles. The van der Waals surface area contributed by atoms with Crippen molar-refractivity contribution < 1.29 is 14.4 Å². The van der Waals surface area contributed by atoms with E-state index >= 15 is 0 Å². The van der Waals surface area contributed by atoms with Gasteiger partial charge in [0.15, 0.2) is 0 Å².